The molecule has 3 heterocycles. The fraction of sp³-hybridized carbons (Fsp3) is 0.522. The summed E-state index contributed by atoms with van der Waals surface area (Å²) in [6, 6.07) is 2.21. The van der Waals surface area contributed by atoms with Crippen LogP contribution in [0.15, 0.2) is 17.6 Å². The highest BCUT2D eigenvalue weighted by atomic mass is 32.2. The molecule has 0 bridgehead atoms. The van der Waals surface area contributed by atoms with Crippen molar-refractivity contribution < 1.29 is 0 Å². The molecule has 0 radical (unpaired) electrons. The molecule has 4 nitrogen and oxygen atoms in total. The number of aryl methyl sites for hydroxylation is 3. The lowest BCUT2D eigenvalue weighted by atomic mass is 9.95. The second-order valence-corrected chi connectivity index (χ2v) is 8.82. The molecular weight excluding hydrogens is 396 g/mol. The van der Waals surface area contributed by atoms with E-state index >= 15 is 0 Å². The number of aromatic nitrogens is 4. The van der Waals surface area contributed by atoms with Gasteiger partial charge in [0.15, 0.2) is 5.65 Å². The lowest BCUT2D eigenvalue weighted by Crippen LogP contribution is -2.05. The molecule has 3 aromatic rings. The van der Waals surface area contributed by atoms with Gasteiger partial charge in [0, 0.05) is 11.3 Å². The maximum Gasteiger partial charge on any atom is 0.158 e. The number of imidazole rings is 1. The zero-order valence-corrected chi connectivity index (χ0v) is 20.7. The van der Waals surface area contributed by atoms with Gasteiger partial charge >= 0.3 is 0 Å². The van der Waals surface area contributed by atoms with Gasteiger partial charge in [0.2, 0.25) is 0 Å². The molecule has 3 aromatic heterocycles. The standard InChI is InChI=1S/C21H28N4S2.C2H6/c1-7-10-26-12-18-22-15(6)20(27-18)19-14(5)23-21-17(16(8-2)9-3)11-13(4)24-25(19)21;1-2/h7,10-11,16H,8-9,12H2,1-6H3;1-2H3/b10-7-;. The Kier molecular flexibility index (Phi) is 8.90. The highest BCUT2D eigenvalue weighted by Crippen LogP contribution is 2.36. The normalized spacial score (nSPS) is 11.5. The number of nitrogens with zero attached hydrogens (tertiary/aromatic N) is 4. The maximum absolute atomic E-state index is 4.94. The van der Waals surface area contributed by atoms with Gasteiger partial charge in [-0.1, -0.05) is 33.8 Å². The Morgan fingerprint density at radius 1 is 1.10 bits per heavy atom. The van der Waals surface area contributed by atoms with Crippen molar-refractivity contribution in [2.75, 3.05) is 0 Å². The molecule has 0 aliphatic heterocycles. The van der Waals surface area contributed by atoms with E-state index < -0.39 is 0 Å². The monoisotopic (exact) mass is 430 g/mol. The number of hydrogen-bond acceptors (Lipinski definition) is 5. The van der Waals surface area contributed by atoms with E-state index in [0.29, 0.717) is 5.92 Å². The van der Waals surface area contributed by atoms with Crippen LogP contribution in [0, 0.1) is 20.8 Å². The van der Waals surface area contributed by atoms with Crippen molar-refractivity contribution in [2.45, 2.75) is 79.9 Å². The SMILES string of the molecule is C/C=C\SCc1nc(C)c(-c2c(C)nc3c(C(CC)CC)cc(C)nn23)s1.CC. The highest BCUT2D eigenvalue weighted by molar-refractivity contribution is 8.01. The van der Waals surface area contributed by atoms with E-state index in [1.165, 1.54) is 10.4 Å². The van der Waals surface area contributed by atoms with Crippen LogP contribution in [0.3, 0.4) is 0 Å². The summed E-state index contributed by atoms with van der Waals surface area (Å²) >= 11 is 3.54. The van der Waals surface area contributed by atoms with Crippen molar-refractivity contribution in [3.8, 4) is 10.6 Å². The molecule has 0 amide bonds. The van der Waals surface area contributed by atoms with Crippen molar-refractivity contribution in [3.63, 3.8) is 0 Å². The minimum Gasteiger partial charge on any atom is -0.245 e. The molecule has 0 unspecified atom stereocenters. The van der Waals surface area contributed by atoms with Crippen molar-refractivity contribution in [1.82, 2.24) is 19.6 Å². The summed E-state index contributed by atoms with van der Waals surface area (Å²) in [6.07, 6.45) is 4.29. The molecule has 0 saturated heterocycles. The Hall–Kier alpha value is -1.66. The van der Waals surface area contributed by atoms with Gasteiger partial charge < -0.3 is 0 Å². The molecular formula is C23H34N4S2. The fourth-order valence-corrected chi connectivity index (χ4v) is 5.40. The van der Waals surface area contributed by atoms with Crippen LogP contribution in [0.2, 0.25) is 0 Å². The summed E-state index contributed by atoms with van der Waals surface area (Å²) in [5.41, 5.74) is 6.53. The van der Waals surface area contributed by atoms with E-state index in [1.54, 1.807) is 23.1 Å². The molecule has 6 heteroatoms. The quantitative estimate of drug-likeness (QED) is 0.390. The average Bonchev–Trinajstić information content (AvgIpc) is 3.23. The van der Waals surface area contributed by atoms with Crippen molar-refractivity contribution in [3.05, 3.63) is 45.2 Å². The van der Waals surface area contributed by atoms with E-state index in [2.05, 4.69) is 56.7 Å². The molecule has 0 spiro atoms. The van der Waals surface area contributed by atoms with Crippen LogP contribution in [0.1, 0.15) is 81.0 Å². The molecule has 0 fully saturated rings. The first-order valence-corrected chi connectivity index (χ1v) is 12.4. The van der Waals surface area contributed by atoms with Crippen molar-refractivity contribution in [1.29, 1.82) is 0 Å². The van der Waals surface area contributed by atoms with Crippen LogP contribution in [0.5, 0.6) is 0 Å². The van der Waals surface area contributed by atoms with Crippen LogP contribution in [0.25, 0.3) is 16.2 Å². The number of fused-ring (bicyclic) bond motifs is 1. The number of thioether (sulfide) groups is 1. The van der Waals surface area contributed by atoms with Crippen LogP contribution in [0.4, 0.5) is 0 Å². The third kappa shape index (κ3) is 5.10. The first-order chi connectivity index (χ1) is 14.0. The van der Waals surface area contributed by atoms with Crippen LogP contribution in [-0.4, -0.2) is 19.6 Å². The number of hydrogen-bond donors (Lipinski definition) is 0. The second-order valence-electron chi connectivity index (χ2n) is 6.84. The van der Waals surface area contributed by atoms with E-state index in [4.69, 9.17) is 15.1 Å². The Labute approximate surface area is 183 Å². The minimum absolute atomic E-state index is 0.513. The smallest absolute Gasteiger partial charge is 0.158 e. The third-order valence-electron chi connectivity index (χ3n) is 4.83. The fourth-order valence-electron chi connectivity index (χ4n) is 3.52. The van der Waals surface area contributed by atoms with Gasteiger partial charge in [0.25, 0.3) is 0 Å². The van der Waals surface area contributed by atoms with Gasteiger partial charge in [-0.3, -0.25) is 0 Å². The molecule has 29 heavy (non-hydrogen) atoms. The maximum atomic E-state index is 4.94. The van der Waals surface area contributed by atoms with Crippen molar-refractivity contribution >= 4 is 28.7 Å². The highest BCUT2D eigenvalue weighted by Gasteiger charge is 2.22. The third-order valence-corrected chi connectivity index (χ3v) is 7.08. The summed E-state index contributed by atoms with van der Waals surface area (Å²) in [5.74, 6) is 1.41. The molecule has 0 saturated carbocycles. The zero-order valence-electron chi connectivity index (χ0n) is 19.0. The molecule has 0 atom stereocenters. The Morgan fingerprint density at radius 3 is 2.41 bits per heavy atom. The lowest BCUT2D eigenvalue weighted by molar-refractivity contribution is 0.638. The molecule has 0 aliphatic rings. The Morgan fingerprint density at radius 2 is 1.79 bits per heavy atom. The molecule has 0 aliphatic carbocycles. The van der Waals surface area contributed by atoms with Gasteiger partial charge in [-0.25, -0.2) is 14.5 Å². The predicted molar refractivity (Wildman–Crippen MR) is 129 cm³/mol. The van der Waals surface area contributed by atoms with E-state index in [0.717, 1.165) is 52.0 Å². The predicted octanol–water partition coefficient (Wildman–Crippen LogP) is 7.47. The van der Waals surface area contributed by atoms with Crippen LogP contribution < -0.4 is 0 Å². The number of thiazole rings is 1. The first-order valence-electron chi connectivity index (χ1n) is 10.6. The average molecular weight is 431 g/mol. The summed E-state index contributed by atoms with van der Waals surface area (Å²) < 4.78 is 2.06. The molecule has 3 rings (SSSR count). The van der Waals surface area contributed by atoms with Crippen LogP contribution in [-0.2, 0) is 5.75 Å². The summed E-state index contributed by atoms with van der Waals surface area (Å²) in [5, 5.41) is 8.09. The van der Waals surface area contributed by atoms with E-state index in [1.807, 2.05) is 20.8 Å². The second kappa shape index (κ2) is 10.9. The van der Waals surface area contributed by atoms with Gasteiger partial charge in [-0.05, 0) is 57.9 Å². The zero-order chi connectivity index (χ0) is 21.6. The largest absolute Gasteiger partial charge is 0.245 e. The molecule has 0 N–H and O–H groups in total. The molecule has 158 valence electrons. The minimum atomic E-state index is 0.513. The summed E-state index contributed by atoms with van der Waals surface area (Å²) in [6.45, 7) is 16.8. The molecule has 0 aromatic carbocycles. The van der Waals surface area contributed by atoms with Gasteiger partial charge in [-0.2, -0.15) is 5.10 Å². The van der Waals surface area contributed by atoms with E-state index in [-0.39, 0.29) is 0 Å². The number of rotatable bonds is 7. The van der Waals surface area contributed by atoms with Gasteiger partial charge in [-0.15, -0.1) is 23.1 Å². The lowest BCUT2D eigenvalue weighted by Gasteiger charge is -2.14. The number of allylic oxidation sites excluding steroid dienone is 1. The Bertz CT molecular complexity index is 965. The first kappa shape index (κ1) is 23.6. The van der Waals surface area contributed by atoms with Gasteiger partial charge in [0.1, 0.15) is 10.7 Å². The summed E-state index contributed by atoms with van der Waals surface area (Å²) in [4.78, 5) is 10.9. The summed E-state index contributed by atoms with van der Waals surface area (Å²) in [7, 11) is 0. The Balaban J connectivity index is 0.00000145. The van der Waals surface area contributed by atoms with Crippen molar-refractivity contribution in [2.24, 2.45) is 0 Å². The van der Waals surface area contributed by atoms with E-state index in [9.17, 15) is 0 Å². The van der Waals surface area contributed by atoms with Gasteiger partial charge in [0.05, 0.1) is 22.0 Å². The van der Waals surface area contributed by atoms with Crippen LogP contribution >= 0.6 is 23.1 Å². The topological polar surface area (TPSA) is 43.1 Å².